The van der Waals surface area contributed by atoms with Gasteiger partial charge in [-0.2, -0.15) is 10.2 Å². The van der Waals surface area contributed by atoms with Gasteiger partial charge in [-0.15, -0.1) is 0 Å². The zero-order valence-electron chi connectivity index (χ0n) is 15.0. The van der Waals surface area contributed by atoms with Crippen molar-refractivity contribution in [3.05, 3.63) is 0 Å². The minimum Gasteiger partial charge on any atom is -0.845 e. The van der Waals surface area contributed by atoms with Crippen LogP contribution >= 0.6 is 0 Å². The van der Waals surface area contributed by atoms with Gasteiger partial charge in [0.2, 0.25) is 0 Å². The van der Waals surface area contributed by atoms with E-state index in [1.165, 1.54) is 0 Å². The predicted molar refractivity (Wildman–Crippen MR) is 81.8 cm³/mol. The minimum atomic E-state index is -1.05. The Hall–Kier alpha value is -0.608. The number of hydrogen-bond acceptors (Lipinski definition) is 6. The van der Waals surface area contributed by atoms with Crippen molar-refractivity contribution in [3.8, 4) is 0 Å². The van der Waals surface area contributed by atoms with Crippen LogP contribution in [0.4, 0.5) is 0 Å². The molecule has 0 bridgehead atoms. The summed E-state index contributed by atoms with van der Waals surface area (Å²) in [5.74, 6) is 0. The molecular weight excluding hydrogens is 308 g/mol. The average molecular weight is 338 g/mol. The van der Waals surface area contributed by atoms with Crippen LogP contribution < -0.4 is 10.2 Å². The maximum atomic E-state index is 11.2. The molecule has 0 saturated carbocycles. The molecule has 21 heavy (non-hydrogen) atoms. The van der Waals surface area contributed by atoms with Crippen LogP contribution in [-0.2, 0) is 17.4 Å². The Morgan fingerprint density at radius 3 is 0.952 bits per heavy atom. The third kappa shape index (κ3) is 15.6. The first-order valence-electron chi connectivity index (χ1n) is 6.54. The van der Waals surface area contributed by atoms with E-state index in [-0.39, 0.29) is 17.4 Å². The van der Waals surface area contributed by atoms with Gasteiger partial charge < -0.3 is 20.2 Å². The largest absolute Gasteiger partial charge is 2.00 e. The van der Waals surface area contributed by atoms with Gasteiger partial charge in [0.25, 0.3) is 0 Å². The molecule has 0 aliphatic carbocycles. The molecule has 7 heteroatoms. The molecule has 0 heterocycles. The molecule has 0 unspecified atom stereocenters. The third-order valence-corrected chi connectivity index (χ3v) is 2.44. The van der Waals surface area contributed by atoms with Crippen LogP contribution in [0.3, 0.4) is 0 Å². The summed E-state index contributed by atoms with van der Waals surface area (Å²) in [5, 5.41) is 33.6. The fourth-order valence-electron chi connectivity index (χ4n) is 0.841. The van der Waals surface area contributed by atoms with Gasteiger partial charge in [-0.05, 0) is 13.8 Å². The van der Waals surface area contributed by atoms with E-state index in [9.17, 15) is 10.2 Å². The smallest absolute Gasteiger partial charge is 0.845 e. The number of hydrogen-bond donors (Lipinski definition) is 0. The van der Waals surface area contributed by atoms with Crippen molar-refractivity contribution >= 4 is 11.4 Å². The maximum absolute atomic E-state index is 11.2. The quantitative estimate of drug-likeness (QED) is 0.539. The number of nitrogens with zero attached hydrogens (tertiary/aromatic N) is 4. The summed E-state index contributed by atoms with van der Waals surface area (Å²) >= 11 is 0. The van der Waals surface area contributed by atoms with E-state index in [1.54, 1.807) is 79.8 Å². The fraction of sp³-hybridized carbons (Fsp3) is 0.857. The van der Waals surface area contributed by atoms with Crippen LogP contribution in [0.1, 0.15) is 41.5 Å². The second-order valence-electron chi connectivity index (χ2n) is 6.09. The van der Waals surface area contributed by atoms with Crippen molar-refractivity contribution < 1.29 is 27.6 Å². The molecule has 0 amide bonds. The van der Waals surface area contributed by atoms with Crippen molar-refractivity contribution in [1.82, 2.24) is 10.0 Å². The van der Waals surface area contributed by atoms with Crippen LogP contribution in [0.25, 0.3) is 0 Å². The van der Waals surface area contributed by atoms with Gasteiger partial charge in [0.1, 0.15) is 0 Å². The van der Waals surface area contributed by atoms with Crippen molar-refractivity contribution in [2.75, 3.05) is 28.2 Å². The van der Waals surface area contributed by atoms with Gasteiger partial charge in [-0.3, -0.25) is 0 Å². The minimum absolute atomic E-state index is 0. The van der Waals surface area contributed by atoms with E-state index >= 15 is 0 Å². The second kappa shape index (κ2) is 10.2. The molecule has 0 atom stereocenters. The van der Waals surface area contributed by atoms with E-state index in [2.05, 4.69) is 10.2 Å². The van der Waals surface area contributed by atoms with Gasteiger partial charge in [-0.25, -0.2) is 0 Å². The van der Waals surface area contributed by atoms with E-state index in [0.29, 0.717) is 11.4 Å². The average Bonchev–Trinajstić information content (AvgIpc) is 2.13. The predicted octanol–water partition coefficient (Wildman–Crippen LogP) is 0.123. The van der Waals surface area contributed by atoms with E-state index in [4.69, 9.17) is 0 Å². The Labute approximate surface area is 140 Å². The topological polar surface area (TPSA) is 77.3 Å². The monoisotopic (exact) mass is 338 g/mol. The van der Waals surface area contributed by atoms with Gasteiger partial charge in [0.05, 0.1) is 0 Å². The summed E-state index contributed by atoms with van der Waals surface area (Å²) in [6.07, 6.45) is 0. The van der Waals surface area contributed by atoms with E-state index < -0.39 is 11.2 Å². The van der Waals surface area contributed by atoms with Crippen LogP contribution in [0.2, 0.25) is 0 Å². The molecule has 0 saturated heterocycles. The zero-order chi connectivity index (χ0) is 16.7. The first kappa shape index (κ1) is 25.4. The van der Waals surface area contributed by atoms with Crippen molar-refractivity contribution in [3.63, 3.8) is 0 Å². The Morgan fingerprint density at radius 1 is 0.714 bits per heavy atom. The number of rotatable bonds is 4. The molecule has 0 aromatic carbocycles. The van der Waals surface area contributed by atoms with Crippen LogP contribution in [0, 0.1) is 0 Å². The molecule has 0 aromatic rings. The van der Waals surface area contributed by atoms with Crippen molar-refractivity contribution in [1.29, 1.82) is 0 Å². The van der Waals surface area contributed by atoms with Gasteiger partial charge >= 0.3 is 17.4 Å². The summed E-state index contributed by atoms with van der Waals surface area (Å²) in [7, 11) is 7.20. The molecular formula is C14H30CrN4O2. The molecule has 0 spiro atoms. The zero-order valence-corrected chi connectivity index (χ0v) is 16.3. The van der Waals surface area contributed by atoms with E-state index in [0.717, 1.165) is 0 Å². The molecule has 0 aliphatic heterocycles. The van der Waals surface area contributed by atoms with Crippen molar-refractivity contribution in [2.24, 2.45) is 10.2 Å². The van der Waals surface area contributed by atoms with Crippen LogP contribution in [0.5, 0.6) is 0 Å². The molecule has 0 fully saturated rings. The number of hydrazone groups is 2. The normalized spacial score (nSPS) is 13.0. The standard InChI is InChI=1S/2C7H15N2O.Cr/c2*1-6(7(2,3)10)8-9(4)5;/h2*1-5H3;/q2*-1;+2. The Kier molecular flexibility index (Phi) is 12.3. The molecule has 0 rings (SSSR count). The summed E-state index contributed by atoms with van der Waals surface area (Å²) < 4.78 is 0. The second-order valence-corrected chi connectivity index (χ2v) is 6.09. The van der Waals surface area contributed by atoms with Gasteiger partial charge in [0, 0.05) is 39.6 Å². The fourth-order valence-corrected chi connectivity index (χ4v) is 0.841. The van der Waals surface area contributed by atoms with Crippen LogP contribution in [-0.4, -0.2) is 60.8 Å². The SMILES string of the molecule is CC(=NN(C)C)C(C)(C)[O-].CC(=NN(C)C)C(C)(C)[O-].[Cr+2]. The molecule has 0 N–H and O–H groups in total. The molecule has 124 valence electrons. The van der Waals surface area contributed by atoms with E-state index in [1.807, 2.05) is 0 Å². The molecule has 6 nitrogen and oxygen atoms in total. The summed E-state index contributed by atoms with van der Waals surface area (Å²) in [6, 6.07) is 0. The van der Waals surface area contributed by atoms with Gasteiger partial charge in [-0.1, -0.05) is 38.9 Å². The van der Waals surface area contributed by atoms with Crippen molar-refractivity contribution in [2.45, 2.75) is 52.7 Å². The Bertz CT molecular complexity index is 306. The Balaban J connectivity index is -0.000000295. The first-order valence-corrected chi connectivity index (χ1v) is 6.54. The summed E-state index contributed by atoms with van der Waals surface area (Å²) in [6.45, 7) is 9.91. The van der Waals surface area contributed by atoms with Crippen LogP contribution in [0.15, 0.2) is 10.2 Å². The molecule has 0 aliphatic rings. The first-order chi connectivity index (χ1) is 8.67. The summed E-state index contributed by atoms with van der Waals surface area (Å²) in [4.78, 5) is 0. The maximum Gasteiger partial charge on any atom is 2.00 e. The molecule has 0 radical (unpaired) electrons. The summed E-state index contributed by atoms with van der Waals surface area (Å²) in [5.41, 5.74) is -0.885. The molecule has 0 aromatic heterocycles. The van der Waals surface area contributed by atoms with Gasteiger partial charge in [0.15, 0.2) is 0 Å². The Morgan fingerprint density at radius 2 is 0.905 bits per heavy atom. The third-order valence-electron chi connectivity index (χ3n) is 2.44.